The van der Waals surface area contributed by atoms with Crippen LogP contribution in [0.15, 0.2) is 35.5 Å². The van der Waals surface area contributed by atoms with Gasteiger partial charge < -0.3 is 25.0 Å². The van der Waals surface area contributed by atoms with E-state index in [-0.39, 0.29) is 0 Å². The average Bonchev–Trinajstić information content (AvgIpc) is 3.14. The molecule has 0 spiro atoms. The van der Waals surface area contributed by atoms with E-state index in [1.165, 1.54) is 4.88 Å². The number of methoxy groups -OCH3 is 1. The number of aliphatic imine (C=N–C) groups is 1. The Bertz CT molecular complexity index is 750. The second-order valence-corrected chi connectivity index (χ2v) is 8.08. The largest absolute Gasteiger partial charge is 0.492 e. The summed E-state index contributed by atoms with van der Waals surface area (Å²) in [4.78, 5) is 12.1. The Morgan fingerprint density at radius 2 is 2.07 bits per heavy atom. The van der Waals surface area contributed by atoms with Crippen LogP contribution in [-0.4, -0.2) is 69.9 Å². The first-order valence-corrected chi connectivity index (χ1v) is 10.7. The van der Waals surface area contributed by atoms with E-state index in [0.717, 1.165) is 54.9 Å². The van der Waals surface area contributed by atoms with Gasteiger partial charge in [-0.05, 0) is 31.7 Å². The lowest BCUT2D eigenvalue weighted by Gasteiger charge is -2.16. The van der Waals surface area contributed by atoms with E-state index in [1.807, 2.05) is 18.3 Å². The lowest BCUT2D eigenvalue weighted by Crippen LogP contribution is -2.37. The molecule has 8 heteroatoms. The fraction of sp³-hybridized carbons (Fsp3) is 0.524. The zero-order valence-electron chi connectivity index (χ0n) is 17.9. The number of likely N-dealkylation sites (N-methyl/N-ethyl adjacent to an activating group) is 1. The van der Waals surface area contributed by atoms with E-state index in [1.54, 1.807) is 25.5 Å². The fourth-order valence-corrected chi connectivity index (χ4v) is 3.42. The van der Waals surface area contributed by atoms with E-state index < -0.39 is 0 Å². The van der Waals surface area contributed by atoms with Crippen molar-refractivity contribution in [2.24, 2.45) is 4.99 Å². The smallest absolute Gasteiger partial charge is 0.191 e. The van der Waals surface area contributed by atoms with Crippen LogP contribution in [0, 0.1) is 6.92 Å². The van der Waals surface area contributed by atoms with Gasteiger partial charge in [-0.15, -0.1) is 11.3 Å². The molecule has 2 aromatic rings. The van der Waals surface area contributed by atoms with Crippen LogP contribution < -0.4 is 15.4 Å². The molecule has 0 aliphatic carbocycles. The molecule has 0 bridgehead atoms. The van der Waals surface area contributed by atoms with Gasteiger partial charge in [0.25, 0.3) is 0 Å². The molecule has 0 unspecified atom stereocenters. The second kappa shape index (κ2) is 13.1. The molecule has 0 fully saturated rings. The van der Waals surface area contributed by atoms with Gasteiger partial charge in [0.2, 0.25) is 0 Å². The number of hydrogen-bond donors (Lipinski definition) is 2. The summed E-state index contributed by atoms with van der Waals surface area (Å²) in [5.41, 5.74) is 1.15. The van der Waals surface area contributed by atoms with Gasteiger partial charge >= 0.3 is 0 Å². The molecule has 1 aromatic heterocycles. The minimum Gasteiger partial charge on any atom is -0.492 e. The topological polar surface area (TPSA) is 71.0 Å². The molecule has 0 atom stereocenters. The van der Waals surface area contributed by atoms with Crippen molar-refractivity contribution in [2.75, 3.05) is 54.1 Å². The molecule has 160 valence electrons. The van der Waals surface area contributed by atoms with Crippen molar-refractivity contribution in [3.05, 3.63) is 45.9 Å². The molecule has 7 nitrogen and oxygen atoms in total. The van der Waals surface area contributed by atoms with Crippen molar-refractivity contribution in [1.82, 2.24) is 20.5 Å². The maximum atomic E-state index is 5.88. The zero-order chi connectivity index (χ0) is 20.9. The molecule has 0 aliphatic rings. The van der Waals surface area contributed by atoms with E-state index in [2.05, 4.69) is 51.6 Å². The number of guanidine groups is 1. The summed E-state index contributed by atoms with van der Waals surface area (Å²) < 4.78 is 11.0. The maximum Gasteiger partial charge on any atom is 0.191 e. The number of nitrogens with one attached hydrogen (secondary N) is 2. The SMILES string of the molecule is CN=C(NCCc1ncc(C)s1)NCc1cccc(OCCN(C)CCOC)c1. The van der Waals surface area contributed by atoms with Gasteiger partial charge in [-0.3, -0.25) is 4.99 Å². The summed E-state index contributed by atoms with van der Waals surface area (Å²) in [5.74, 6) is 1.66. The summed E-state index contributed by atoms with van der Waals surface area (Å²) >= 11 is 1.74. The highest BCUT2D eigenvalue weighted by atomic mass is 32.1. The fourth-order valence-electron chi connectivity index (χ4n) is 2.63. The quantitative estimate of drug-likeness (QED) is 0.406. The molecule has 29 heavy (non-hydrogen) atoms. The van der Waals surface area contributed by atoms with Gasteiger partial charge in [-0.25, -0.2) is 4.98 Å². The number of benzene rings is 1. The van der Waals surface area contributed by atoms with Crippen LogP contribution >= 0.6 is 11.3 Å². The van der Waals surface area contributed by atoms with Crippen LogP contribution in [-0.2, 0) is 17.7 Å². The van der Waals surface area contributed by atoms with Crippen LogP contribution in [0.1, 0.15) is 15.4 Å². The highest BCUT2D eigenvalue weighted by Crippen LogP contribution is 2.13. The minimum absolute atomic E-state index is 0.649. The summed E-state index contributed by atoms with van der Waals surface area (Å²) in [5, 5.41) is 7.82. The first kappa shape index (κ1) is 23.1. The standard InChI is InChI=1S/C21H33N5O2S/c1-17-15-24-20(29-17)8-9-23-21(22-2)25-16-18-6-5-7-19(14-18)28-13-11-26(3)10-12-27-4/h5-7,14-15H,8-13,16H2,1-4H3,(H2,22,23,25). The normalized spacial score (nSPS) is 11.7. The van der Waals surface area contributed by atoms with Crippen molar-refractivity contribution < 1.29 is 9.47 Å². The molecule has 0 amide bonds. The third kappa shape index (κ3) is 9.25. The molecule has 0 aliphatic heterocycles. The van der Waals surface area contributed by atoms with Crippen molar-refractivity contribution in [3.63, 3.8) is 0 Å². The predicted octanol–water partition coefficient (Wildman–Crippen LogP) is 2.32. The van der Waals surface area contributed by atoms with Crippen molar-refractivity contribution in [2.45, 2.75) is 19.9 Å². The Morgan fingerprint density at radius 1 is 1.24 bits per heavy atom. The van der Waals surface area contributed by atoms with E-state index >= 15 is 0 Å². The molecule has 1 heterocycles. The second-order valence-electron chi connectivity index (χ2n) is 6.76. The molecular weight excluding hydrogens is 386 g/mol. The summed E-state index contributed by atoms with van der Waals surface area (Å²) in [6.45, 7) is 6.70. The van der Waals surface area contributed by atoms with Crippen molar-refractivity contribution in [3.8, 4) is 5.75 Å². The van der Waals surface area contributed by atoms with E-state index in [4.69, 9.17) is 9.47 Å². The van der Waals surface area contributed by atoms with E-state index in [9.17, 15) is 0 Å². The molecular formula is C21H33N5O2S. The first-order valence-electron chi connectivity index (χ1n) is 9.85. The molecule has 0 saturated heterocycles. The number of aryl methyl sites for hydroxylation is 1. The molecule has 0 saturated carbocycles. The van der Waals surface area contributed by atoms with Gasteiger partial charge in [0.1, 0.15) is 12.4 Å². The van der Waals surface area contributed by atoms with Gasteiger partial charge in [0, 0.05) is 57.8 Å². The molecule has 1 aromatic carbocycles. The Balaban J connectivity index is 1.71. The van der Waals surface area contributed by atoms with Crippen LogP contribution in [0.25, 0.3) is 0 Å². The third-order valence-corrected chi connectivity index (χ3v) is 5.27. The maximum absolute atomic E-state index is 5.88. The summed E-state index contributed by atoms with van der Waals surface area (Å²) in [7, 11) is 5.56. The number of aromatic nitrogens is 1. The van der Waals surface area contributed by atoms with Gasteiger partial charge in [-0.2, -0.15) is 0 Å². The monoisotopic (exact) mass is 419 g/mol. The Labute approximate surface area is 178 Å². The summed E-state index contributed by atoms with van der Waals surface area (Å²) in [6.07, 6.45) is 2.81. The number of ether oxygens (including phenoxy) is 2. The van der Waals surface area contributed by atoms with Crippen molar-refractivity contribution >= 4 is 17.3 Å². The highest BCUT2D eigenvalue weighted by molar-refractivity contribution is 7.11. The third-order valence-electron chi connectivity index (χ3n) is 4.30. The van der Waals surface area contributed by atoms with E-state index in [0.29, 0.717) is 13.2 Å². The average molecular weight is 420 g/mol. The Kier molecular flexibility index (Phi) is 10.5. The Hall–Kier alpha value is -2.16. The van der Waals surface area contributed by atoms with Crippen LogP contribution in [0.3, 0.4) is 0 Å². The molecule has 2 N–H and O–H groups in total. The van der Waals surface area contributed by atoms with Crippen molar-refractivity contribution in [1.29, 1.82) is 0 Å². The van der Waals surface area contributed by atoms with Crippen LogP contribution in [0.5, 0.6) is 5.75 Å². The lowest BCUT2D eigenvalue weighted by molar-refractivity contribution is 0.150. The zero-order valence-corrected chi connectivity index (χ0v) is 18.7. The lowest BCUT2D eigenvalue weighted by atomic mass is 10.2. The predicted molar refractivity (Wildman–Crippen MR) is 120 cm³/mol. The number of nitrogens with zero attached hydrogens (tertiary/aromatic N) is 3. The number of hydrogen-bond acceptors (Lipinski definition) is 6. The minimum atomic E-state index is 0.649. The number of thiazole rings is 1. The number of rotatable bonds is 12. The van der Waals surface area contributed by atoms with Gasteiger partial charge in [0.05, 0.1) is 11.6 Å². The Morgan fingerprint density at radius 3 is 2.79 bits per heavy atom. The van der Waals surface area contributed by atoms with Gasteiger partial charge in [-0.1, -0.05) is 12.1 Å². The summed E-state index contributed by atoms with van der Waals surface area (Å²) in [6, 6.07) is 8.15. The van der Waals surface area contributed by atoms with Crippen LogP contribution in [0.4, 0.5) is 0 Å². The molecule has 2 rings (SSSR count). The highest BCUT2D eigenvalue weighted by Gasteiger charge is 2.03. The first-order chi connectivity index (χ1) is 14.1. The van der Waals surface area contributed by atoms with Crippen LogP contribution in [0.2, 0.25) is 0 Å². The van der Waals surface area contributed by atoms with Gasteiger partial charge in [0.15, 0.2) is 5.96 Å². The molecule has 0 radical (unpaired) electrons.